The number of carbonyl (C=O) groups excluding carboxylic acids is 1. The third kappa shape index (κ3) is 1.91. The first kappa shape index (κ1) is 11.0. The van der Waals surface area contributed by atoms with E-state index in [0.717, 1.165) is 11.5 Å². The van der Waals surface area contributed by atoms with Gasteiger partial charge >= 0.3 is 5.97 Å². The second kappa shape index (κ2) is 4.18. The highest BCUT2D eigenvalue weighted by atomic mass is 32.1. The normalized spacial score (nSPS) is 15.6. The van der Waals surface area contributed by atoms with Crippen LogP contribution in [0, 0.1) is 12.8 Å². The number of carboxylic acid groups (broad SMARTS) is 1. The van der Waals surface area contributed by atoms with Crippen molar-refractivity contribution in [2.24, 2.45) is 5.92 Å². The van der Waals surface area contributed by atoms with Crippen molar-refractivity contribution in [2.45, 2.75) is 6.92 Å². The van der Waals surface area contributed by atoms with Crippen LogP contribution in [0.4, 0.5) is 5.00 Å². The molecule has 0 spiro atoms. The number of aryl methyl sites for hydroxylation is 1. The van der Waals surface area contributed by atoms with Crippen LogP contribution in [-0.2, 0) is 4.79 Å². The second-order valence-corrected chi connectivity index (χ2v) is 4.40. The van der Waals surface area contributed by atoms with Gasteiger partial charge in [-0.25, -0.2) is 4.79 Å². The van der Waals surface area contributed by atoms with Crippen molar-refractivity contribution >= 4 is 28.4 Å². The Balaban J connectivity index is 2.14. The first-order valence-corrected chi connectivity index (χ1v) is 5.58. The van der Waals surface area contributed by atoms with E-state index >= 15 is 0 Å². The third-order valence-electron chi connectivity index (χ3n) is 2.47. The number of carbonyl (C=O) groups is 2. The highest BCUT2D eigenvalue weighted by Gasteiger charge is 2.27. The maximum absolute atomic E-state index is 11.6. The van der Waals surface area contributed by atoms with Crippen molar-refractivity contribution in [2.75, 3.05) is 18.4 Å². The molecule has 3 N–H and O–H groups in total. The summed E-state index contributed by atoms with van der Waals surface area (Å²) in [6.45, 7) is 2.90. The molecule has 2 rings (SSSR count). The van der Waals surface area contributed by atoms with Gasteiger partial charge in [0, 0.05) is 13.1 Å². The van der Waals surface area contributed by atoms with Gasteiger partial charge in [-0.05, 0) is 18.5 Å². The second-order valence-electron chi connectivity index (χ2n) is 3.62. The lowest BCUT2D eigenvalue weighted by Gasteiger charge is -2.25. The van der Waals surface area contributed by atoms with Crippen LogP contribution in [0.25, 0.3) is 0 Å². The molecule has 0 aliphatic carbocycles. The minimum atomic E-state index is -1.06. The summed E-state index contributed by atoms with van der Waals surface area (Å²) in [4.78, 5) is 22.6. The molecule has 2 heterocycles. The fourth-order valence-corrected chi connectivity index (χ4v) is 2.19. The largest absolute Gasteiger partial charge is 0.478 e. The van der Waals surface area contributed by atoms with Crippen LogP contribution in [0.5, 0.6) is 0 Å². The zero-order chi connectivity index (χ0) is 11.7. The number of aromatic nitrogens is 1. The summed E-state index contributed by atoms with van der Waals surface area (Å²) in [6.07, 6.45) is 0. The fraction of sp³-hybridized carbons (Fsp3) is 0.444. The summed E-state index contributed by atoms with van der Waals surface area (Å²) in [6, 6.07) is 0. The molecule has 0 aromatic carbocycles. The van der Waals surface area contributed by atoms with Crippen LogP contribution in [0.3, 0.4) is 0 Å². The number of carboxylic acids is 1. The lowest BCUT2D eigenvalue weighted by Crippen LogP contribution is -2.48. The van der Waals surface area contributed by atoms with E-state index < -0.39 is 5.97 Å². The number of amides is 1. The minimum absolute atomic E-state index is 0.0657. The van der Waals surface area contributed by atoms with Crippen LogP contribution < -0.4 is 10.6 Å². The Morgan fingerprint density at radius 3 is 2.75 bits per heavy atom. The quantitative estimate of drug-likeness (QED) is 0.708. The van der Waals surface area contributed by atoms with E-state index in [-0.39, 0.29) is 17.4 Å². The Labute approximate surface area is 95.8 Å². The minimum Gasteiger partial charge on any atom is -0.478 e. The molecule has 7 heteroatoms. The van der Waals surface area contributed by atoms with Gasteiger partial charge in [0.25, 0.3) is 0 Å². The molecule has 0 unspecified atom stereocenters. The molecular formula is C9H11N3O3S. The van der Waals surface area contributed by atoms with Crippen LogP contribution in [-0.4, -0.2) is 34.4 Å². The lowest BCUT2D eigenvalue weighted by molar-refractivity contribution is -0.121. The summed E-state index contributed by atoms with van der Waals surface area (Å²) in [7, 11) is 0. The molecule has 1 aliphatic rings. The molecule has 0 saturated carbocycles. The average molecular weight is 241 g/mol. The summed E-state index contributed by atoms with van der Waals surface area (Å²) in [5.74, 6) is -1.28. The zero-order valence-corrected chi connectivity index (χ0v) is 9.43. The summed E-state index contributed by atoms with van der Waals surface area (Å²) in [5, 5.41) is 14.9. The fourth-order valence-electron chi connectivity index (χ4n) is 1.39. The SMILES string of the molecule is Cc1nsc(NC(=O)C2CNC2)c1C(=O)O. The summed E-state index contributed by atoms with van der Waals surface area (Å²) < 4.78 is 3.92. The molecule has 1 fully saturated rings. The van der Waals surface area contributed by atoms with E-state index in [9.17, 15) is 9.59 Å². The average Bonchev–Trinajstić information content (AvgIpc) is 2.43. The molecule has 1 aromatic rings. The van der Waals surface area contributed by atoms with Crippen molar-refractivity contribution in [1.29, 1.82) is 0 Å². The number of anilines is 1. The van der Waals surface area contributed by atoms with Crippen LogP contribution in [0.15, 0.2) is 0 Å². The Kier molecular flexibility index (Phi) is 2.88. The molecule has 16 heavy (non-hydrogen) atoms. The van der Waals surface area contributed by atoms with Crippen LogP contribution in [0.2, 0.25) is 0 Å². The van der Waals surface area contributed by atoms with E-state index in [1.807, 2.05) is 0 Å². The van der Waals surface area contributed by atoms with Gasteiger partial charge in [0.1, 0.15) is 10.6 Å². The Morgan fingerprint density at radius 2 is 2.25 bits per heavy atom. The van der Waals surface area contributed by atoms with Gasteiger partial charge in [0.2, 0.25) is 5.91 Å². The van der Waals surface area contributed by atoms with E-state index in [1.165, 1.54) is 0 Å². The van der Waals surface area contributed by atoms with Crippen LogP contribution >= 0.6 is 11.5 Å². The number of hydrogen-bond donors (Lipinski definition) is 3. The molecule has 1 aliphatic heterocycles. The van der Waals surface area contributed by atoms with Gasteiger partial charge in [0.05, 0.1) is 11.6 Å². The van der Waals surface area contributed by atoms with Gasteiger partial charge in [-0.1, -0.05) is 0 Å². The van der Waals surface area contributed by atoms with Gasteiger partial charge < -0.3 is 15.7 Å². The topological polar surface area (TPSA) is 91.3 Å². The van der Waals surface area contributed by atoms with Gasteiger partial charge in [0.15, 0.2) is 0 Å². The van der Waals surface area contributed by atoms with Gasteiger partial charge in [-0.15, -0.1) is 0 Å². The van der Waals surface area contributed by atoms with Crippen molar-refractivity contribution < 1.29 is 14.7 Å². The molecule has 1 aromatic heterocycles. The van der Waals surface area contributed by atoms with Crippen molar-refractivity contribution in [1.82, 2.24) is 9.69 Å². The molecule has 6 nitrogen and oxygen atoms in total. The monoisotopic (exact) mass is 241 g/mol. The van der Waals surface area contributed by atoms with Crippen molar-refractivity contribution in [3.8, 4) is 0 Å². The molecule has 0 radical (unpaired) electrons. The third-order valence-corrected chi connectivity index (χ3v) is 3.32. The molecule has 0 atom stereocenters. The maximum atomic E-state index is 11.6. The predicted octanol–water partition coefficient (Wildman–Crippen LogP) is 0.308. The molecule has 86 valence electrons. The van der Waals surface area contributed by atoms with E-state index in [1.54, 1.807) is 6.92 Å². The summed E-state index contributed by atoms with van der Waals surface area (Å²) in [5.41, 5.74) is 0.519. The molecular weight excluding hydrogens is 230 g/mol. The smallest absolute Gasteiger partial charge is 0.340 e. The highest BCUT2D eigenvalue weighted by molar-refractivity contribution is 7.11. The Bertz CT molecular complexity index is 439. The number of nitrogens with one attached hydrogen (secondary N) is 2. The lowest BCUT2D eigenvalue weighted by atomic mass is 10.0. The first-order chi connectivity index (χ1) is 7.59. The standard InChI is InChI=1S/C9H11N3O3S/c1-4-6(9(14)15)8(16-12-4)11-7(13)5-2-10-3-5/h5,10H,2-3H2,1H3,(H,11,13)(H,14,15). The highest BCUT2D eigenvalue weighted by Crippen LogP contribution is 2.25. The number of hydrogen-bond acceptors (Lipinski definition) is 5. The Hall–Kier alpha value is -1.47. The molecule has 1 saturated heterocycles. The number of nitrogens with zero attached hydrogens (tertiary/aromatic N) is 1. The number of rotatable bonds is 3. The van der Waals surface area contributed by atoms with E-state index in [0.29, 0.717) is 23.8 Å². The van der Waals surface area contributed by atoms with Gasteiger partial charge in [-0.3, -0.25) is 4.79 Å². The maximum Gasteiger partial charge on any atom is 0.340 e. The van der Waals surface area contributed by atoms with Crippen LogP contribution in [0.1, 0.15) is 16.1 Å². The first-order valence-electron chi connectivity index (χ1n) is 4.80. The van der Waals surface area contributed by atoms with E-state index in [4.69, 9.17) is 5.11 Å². The predicted molar refractivity (Wildman–Crippen MR) is 58.8 cm³/mol. The number of aromatic carboxylic acids is 1. The zero-order valence-electron chi connectivity index (χ0n) is 8.61. The van der Waals surface area contributed by atoms with Crippen molar-refractivity contribution in [3.63, 3.8) is 0 Å². The van der Waals surface area contributed by atoms with Gasteiger partial charge in [-0.2, -0.15) is 4.37 Å². The summed E-state index contributed by atoms with van der Waals surface area (Å²) >= 11 is 1.00. The van der Waals surface area contributed by atoms with Crippen molar-refractivity contribution in [3.05, 3.63) is 11.3 Å². The molecule has 1 amide bonds. The Morgan fingerprint density at radius 1 is 1.56 bits per heavy atom. The van der Waals surface area contributed by atoms with E-state index in [2.05, 4.69) is 15.0 Å². The molecule has 0 bridgehead atoms.